The number of hydrogen-bond donors (Lipinski definition) is 1. The molecule has 3 rings (SSSR count). The van der Waals surface area contributed by atoms with Crippen molar-refractivity contribution in [1.82, 2.24) is 10.2 Å². The maximum atomic E-state index is 12.8. The molecule has 1 aliphatic rings. The number of alkyl halides is 3. The van der Waals surface area contributed by atoms with E-state index in [0.29, 0.717) is 17.5 Å². The molecule has 2 aromatic carbocycles. The minimum Gasteiger partial charge on any atom is -0.349 e. The summed E-state index contributed by atoms with van der Waals surface area (Å²) in [7, 11) is 0. The van der Waals surface area contributed by atoms with Crippen LogP contribution in [0.4, 0.5) is 13.2 Å². The van der Waals surface area contributed by atoms with Gasteiger partial charge in [0.25, 0.3) is 5.91 Å². The minimum atomic E-state index is -4.30. The minimum absolute atomic E-state index is 0.0574. The molecule has 0 spiro atoms. The van der Waals surface area contributed by atoms with Crippen molar-refractivity contribution in [3.63, 3.8) is 0 Å². The van der Waals surface area contributed by atoms with Gasteiger partial charge in [0, 0.05) is 31.2 Å². The molecule has 1 aliphatic heterocycles. The van der Waals surface area contributed by atoms with Crippen LogP contribution in [0, 0.1) is 0 Å². The molecule has 2 aromatic rings. The molecule has 1 amide bonds. The quantitative estimate of drug-likeness (QED) is 0.851. The fraction of sp³-hybridized carbons (Fsp3) is 0.381. The van der Waals surface area contributed by atoms with Crippen molar-refractivity contribution in [3.8, 4) is 0 Å². The lowest BCUT2D eigenvalue weighted by Crippen LogP contribution is -2.45. The van der Waals surface area contributed by atoms with Gasteiger partial charge >= 0.3 is 6.18 Å². The van der Waals surface area contributed by atoms with Gasteiger partial charge < -0.3 is 10.2 Å². The number of likely N-dealkylation sites (tertiary alicyclic amines) is 1. The zero-order valence-electron chi connectivity index (χ0n) is 15.0. The second kappa shape index (κ2) is 8.57. The number of carbonyl (C=O) groups is 1. The first kappa shape index (κ1) is 19.4. The van der Waals surface area contributed by atoms with Crippen LogP contribution in [-0.4, -0.2) is 36.5 Å². The van der Waals surface area contributed by atoms with Crippen molar-refractivity contribution in [1.29, 1.82) is 0 Å². The largest absolute Gasteiger partial charge is 0.416 e. The summed E-state index contributed by atoms with van der Waals surface area (Å²) in [6.07, 6.45) is -2.02. The molecule has 0 aromatic heterocycles. The molecule has 1 fully saturated rings. The van der Waals surface area contributed by atoms with Gasteiger partial charge in [-0.3, -0.25) is 4.79 Å². The van der Waals surface area contributed by atoms with Gasteiger partial charge in [0.05, 0.1) is 5.56 Å². The molecule has 1 saturated heterocycles. The number of rotatable bonds is 5. The second-order valence-electron chi connectivity index (χ2n) is 6.90. The van der Waals surface area contributed by atoms with E-state index in [0.717, 1.165) is 38.5 Å². The average molecular weight is 376 g/mol. The number of carbonyl (C=O) groups excluding carboxylic acids is 1. The summed E-state index contributed by atoms with van der Waals surface area (Å²) in [5, 5.41) is 3.06. The Hall–Kier alpha value is -2.34. The Morgan fingerprint density at radius 1 is 1.04 bits per heavy atom. The third kappa shape index (κ3) is 5.57. The van der Waals surface area contributed by atoms with Crippen LogP contribution < -0.4 is 5.32 Å². The van der Waals surface area contributed by atoms with Crippen LogP contribution in [0.3, 0.4) is 0 Å². The third-order valence-electron chi connectivity index (χ3n) is 4.93. The van der Waals surface area contributed by atoms with E-state index in [1.807, 2.05) is 18.2 Å². The Labute approximate surface area is 157 Å². The Bertz CT molecular complexity index is 754. The van der Waals surface area contributed by atoms with Crippen LogP contribution >= 0.6 is 0 Å². The van der Waals surface area contributed by atoms with Gasteiger partial charge in [-0.05, 0) is 43.0 Å². The van der Waals surface area contributed by atoms with E-state index in [1.54, 1.807) is 18.2 Å². The van der Waals surface area contributed by atoms with Crippen molar-refractivity contribution in [3.05, 3.63) is 71.3 Å². The predicted molar refractivity (Wildman–Crippen MR) is 98.5 cm³/mol. The fourth-order valence-electron chi connectivity index (χ4n) is 3.35. The smallest absolute Gasteiger partial charge is 0.349 e. The first-order chi connectivity index (χ1) is 12.9. The molecular formula is C21H23F3N2O. The zero-order chi connectivity index (χ0) is 19.3. The van der Waals surface area contributed by atoms with Gasteiger partial charge in [-0.1, -0.05) is 36.4 Å². The first-order valence-electron chi connectivity index (χ1n) is 9.16. The van der Waals surface area contributed by atoms with Crippen molar-refractivity contribution in [2.24, 2.45) is 0 Å². The van der Waals surface area contributed by atoms with Crippen LogP contribution in [0.5, 0.6) is 0 Å². The Kier molecular flexibility index (Phi) is 6.16. The van der Waals surface area contributed by atoms with Gasteiger partial charge in [0.15, 0.2) is 0 Å². The van der Waals surface area contributed by atoms with Gasteiger partial charge in [-0.2, -0.15) is 13.2 Å². The maximum absolute atomic E-state index is 12.8. The highest BCUT2D eigenvalue weighted by atomic mass is 19.4. The van der Waals surface area contributed by atoms with Gasteiger partial charge in [0.2, 0.25) is 0 Å². The third-order valence-corrected chi connectivity index (χ3v) is 4.93. The number of hydrogen-bond acceptors (Lipinski definition) is 2. The van der Waals surface area contributed by atoms with Crippen molar-refractivity contribution in [2.45, 2.75) is 31.5 Å². The van der Waals surface area contributed by atoms with Crippen LogP contribution in [0.1, 0.15) is 34.3 Å². The van der Waals surface area contributed by atoms with Crippen LogP contribution in [0.15, 0.2) is 54.6 Å². The van der Waals surface area contributed by atoms with E-state index >= 15 is 0 Å². The molecule has 0 radical (unpaired) electrons. The monoisotopic (exact) mass is 376 g/mol. The molecule has 6 heteroatoms. The molecule has 1 heterocycles. The molecule has 144 valence electrons. The standard InChI is InChI=1S/C21H23F3N2O/c22-21(23,24)18-8-4-5-16(15-18)9-12-26-13-10-19(11-14-26)25-20(27)17-6-2-1-3-7-17/h1-8,15,19H,9-14H2,(H,25,27). The number of nitrogens with one attached hydrogen (secondary N) is 1. The number of benzene rings is 2. The SMILES string of the molecule is O=C(NC1CCN(CCc2cccc(C(F)(F)F)c2)CC1)c1ccccc1. The zero-order valence-corrected chi connectivity index (χ0v) is 15.0. The number of amides is 1. The van der Waals surface area contributed by atoms with Gasteiger partial charge in [-0.15, -0.1) is 0 Å². The fourth-order valence-corrected chi connectivity index (χ4v) is 3.35. The lowest BCUT2D eigenvalue weighted by molar-refractivity contribution is -0.137. The van der Waals surface area contributed by atoms with Crippen LogP contribution in [0.2, 0.25) is 0 Å². The van der Waals surface area contributed by atoms with E-state index in [2.05, 4.69) is 10.2 Å². The van der Waals surface area contributed by atoms with Crippen molar-refractivity contribution < 1.29 is 18.0 Å². The number of nitrogens with zero attached hydrogens (tertiary/aromatic N) is 1. The summed E-state index contributed by atoms with van der Waals surface area (Å²) >= 11 is 0. The molecule has 3 nitrogen and oxygen atoms in total. The van der Waals surface area contributed by atoms with E-state index in [-0.39, 0.29) is 11.9 Å². The summed E-state index contributed by atoms with van der Waals surface area (Å²) in [6, 6.07) is 14.8. The topological polar surface area (TPSA) is 32.3 Å². The lowest BCUT2D eigenvalue weighted by Gasteiger charge is -2.32. The van der Waals surface area contributed by atoms with E-state index in [9.17, 15) is 18.0 Å². The highest BCUT2D eigenvalue weighted by Gasteiger charge is 2.30. The van der Waals surface area contributed by atoms with E-state index in [4.69, 9.17) is 0 Å². The van der Waals surface area contributed by atoms with Gasteiger partial charge in [0.1, 0.15) is 0 Å². The highest BCUT2D eigenvalue weighted by molar-refractivity contribution is 5.94. The lowest BCUT2D eigenvalue weighted by atomic mass is 10.0. The number of halogens is 3. The Morgan fingerprint density at radius 3 is 2.41 bits per heavy atom. The molecule has 0 atom stereocenters. The molecular weight excluding hydrogens is 353 g/mol. The molecule has 0 aliphatic carbocycles. The average Bonchev–Trinajstić information content (AvgIpc) is 2.68. The van der Waals surface area contributed by atoms with E-state index < -0.39 is 11.7 Å². The van der Waals surface area contributed by atoms with Gasteiger partial charge in [-0.25, -0.2) is 0 Å². The predicted octanol–water partition coefficient (Wildman–Crippen LogP) is 4.14. The Morgan fingerprint density at radius 2 is 1.74 bits per heavy atom. The molecule has 1 N–H and O–H groups in total. The van der Waals surface area contributed by atoms with Crippen molar-refractivity contribution in [2.75, 3.05) is 19.6 Å². The first-order valence-corrected chi connectivity index (χ1v) is 9.16. The van der Waals surface area contributed by atoms with Crippen LogP contribution in [-0.2, 0) is 12.6 Å². The summed E-state index contributed by atoms with van der Waals surface area (Å²) < 4.78 is 38.4. The second-order valence-corrected chi connectivity index (χ2v) is 6.90. The van der Waals surface area contributed by atoms with Crippen molar-refractivity contribution >= 4 is 5.91 Å². The molecule has 27 heavy (non-hydrogen) atoms. The normalized spacial score (nSPS) is 16.3. The summed E-state index contributed by atoms with van der Waals surface area (Å²) in [6.45, 7) is 2.39. The molecule has 0 bridgehead atoms. The summed E-state index contributed by atoms with van der Waals surface area (Å²) in [5.41, 5.74) is 0.760. The summed E-state index contributed by atoms with van der Waals surface area (Å²) in [4.78, 5) is 14.4. The maximum Gasteiger partial charge on any atom is 0.416 e. The highest BCUT2D eigenvalue weighted by Crippen LogP contribution is 2.29. The molecule has 0 unspecified atom stereocenters. The van der Waals surface area contributed by atoms with E-state index in [1.165, 1.54) is 12.1 Å². The summed E-state index contributed by atoms with van der Waals surface area (Å²) in [5.74, 6) is -0.0574. The van der Waals surface area contributed by atoms with Crippen LogP contribution in [0.25, 0.3) is 0 Å². The number of piperidine rings is 1. The molecule has 0 saturated carbocycles. The Balaban J connectivity index is 1.44.